The van der Waals surface area contributed by atoms with E-state index in [1.165, 1.54) is 12.5 Å². The molecule has 1 atom stereocenters. The first-order valence-corrected chi connectivity index (χ1v) is 11.0. The number of ketones is 1. The first-order chi connectivity index (χ1) is 15.0. The minimum absolute atomic E-state index is 0.0361. The van der Waals surface area contributed by atoms with E-state index in [9.17, 15) is 9.59 Å². The Labute approximate surface area is 184 Å². The van der Waals surface area contributed by atoms with Gasteiger partial charge in [0, 0.05) is 13.1 Å². The Morgan fingerprint density at radius 3 is 2.29 bits per heavy atom. The Hall–Kier alpha value is -2.86. The van der Waals surface area contributed by atoms with Gasteiger partial charge in [-0.1, -0.05) is 30.3 Å². The fourth-order valence-corrected chi connectivity index (χ4v) is 3.88. The van der Waals surface area contributed by atoms with Crippen molar-refractivity contribution < 1.29 is 19.1 Å². The van der Waals surface area contributed by atoms with Crippen molar-refractivity contribution in [3.8, 4) is 11.5 Å². The van der Waals surface area contributed by atoms with Crippen LogP contribution in [0.1, 0.15) is 37.5 Å². The van der Waals surface area contributed by atoms with Crippen LogP contribution >= 0.6 is 0 Å². The Kier molecular flexibility index (Phi) is 8.06. The van der Waals surface area contributed by atoms with Gasteiger partial charge in [0.05, 0.1) is 25.8 Å². The van der Waals surface area contributed by atoms with Crippen molar-refractivity contribution in [3.63, 3.8) is 0 Å². The zero-order chi connectivity index (χ0) is 22.2. The minimum atomic E-state index is -0.509. The first kappa shape index (κ1) is 22.8. The number of Topliss-reactive ketones (excluding diaryl/α,β-unsaturated/α-hetero) is 1. The number of carbonyl (C=O) groups excluding carboxylic acids is 2. The monoisotopic (exact) mass is 424 g/mol. The highest BCUT2D eigenvalue weighted by molar-refractivity contribution is 5.88. The van der Waals surface area contributed by atoms with Crippen LogP contribution in [-0.2, 0) is 29.0 Å². The molecule has 2 aromatic rings. The molecule has 166 valence electrons. The van der Waals surface area contributed by atoms with Crippen molar-refractivity contribution in [2.75, 3.05) is 26.3 Å². The van der Waals surface area contributed by atoms with Crippen LogP contribution in [0.3, 0.4) is 0 Å². The number of nitrogens with one attached hydrogen (secondary N) is 1. The van der Waals surface area contributed by atoms with Gasteiger partial charge in [-0.05, 0) is 62.4 Å². The number of nitrogens with zero attached hydrogens (tertiary/aromatic N) is 1. The summed E-state index contributed by atoms with van der Waals surface area (Å²) in [5.41, 5.74) is 3.41. The highest BCUT2D eigenvalue weighted by Crippen LogP contribution is 2.33. The summed E-state index contributed by atoms with van der Waals surface area (Å²) in [4.78, 5) is 26.9. The maximum Gasteiger partial charge on any atom is 0.234 e. The lowest BCUT2D eigenvalue weighted by molar-refractivity contribution is -0.127. The van der Waals surface area contributed by atoms with Crippen LogP contribution in [0.5, 0.6) is 11.5 Å². The van der Waals surface area contributed by atoms with Gasteiger partial charge in [-0.15, -0.1) is 0 Å². The molecule has 0 aromatic heterocycles. The van der Waals surface area contributed by atoms with Crippen LogP contribution < -0.4 is 14.8 Å². The van der Waals surface area contributed by atoms with Crippen LogP contribution in [-0.4, -0.2) is 48.9 Å². The van der Waals surface area contributed by atoms with Crippen LogP contribution in [0.25, 0.3) is 0 Å². The second-order valence-corrected chi connectivity index (χ2v) is 7.81. The van der Waals surface area contributed by atoms with Crippen molar-refractivity contribution in [2.24, 2.45) is 0 Å². The molecular formula is C25H32N2O4. The molecule has 1 N–H and O–H groups in total. The van der Waals surface area contributed by atoms with Crippen LogP contribution in [0.2, 0.25) is 0 Å². The summed E-state index contributed by atoms with van der Waals surface area (Å²) in [6, 6.07) is 13.3. The molecule has 1 aliphatic rings. The molecule has 1 aliphatic heterocycles. The second-order valence-electron chi connectivity index (χ2n) is 7.81. The fraction of sp³-hybridized carbons (Fsp3) is 0.440. The van der Waals surface area contributed by atoms with Crippen LogP contribution in [0.4, 0.5) is 0 Å². The van der Waals surface area contributed by atoms with Gasteiger partial charge in [0.25, 0.3) is 0 Å². The van der Waals surface area contributed by atoms with Gasteiger partial charge < -0.3 is 14.8 Å². The molecule has 1 heterocycles. The SMILES string of the molecule is CCOc1cc2c(cc1OCC)CN(CC(=O)N[C@@H](Cc1ccccc1)C(C)=O)CC2. The molecule has 31 heavy (non-hydrogen) atoms. The summed E-state index contributed by atoms with van der Waals surface area (Å²) in [6.07, 6.45) is 1.35. The quantitative estimate of drug-likeness (QED) is 0.635. The highest BCUT2D eigenvalue weighted by atomic mass is 16.5. The number of fused-ring (bicyclic) bond motifs is 1. The van der Waals surface area contributed by atoms with Gasteiger partial charge in [0.2, 0.25) is 5.91 Å². The van der Waals surface area contributed by atoms with Gasteiger partial charge in [-0.3, -0.25) is 14.5 Å². The maximum atomic E-state index is 12.7. The summed E-state index contributed by atoms with van der Waals surface area (Å²) in [5, 5.41) is 2.92. The Balaban J connectivity index is 1.62. The van der Waals surface area contributed by atoms with E-state index in [4.69, 9.17) is 9.47 Å². The third-order valence-electron chi connectivity index (χ3n) is 5.43. The minimum Gasteiger partial charge on any atom is -0.490 e. The summed E-state index contributed by atoms with van der Waals surface area (Å²) in [6.45, 7) is 8.30. The van der Waals surface area contributed by atoms with E-state index in [1.807, 2.05) is 50.2 Å². The Morgan fingerprint density at radius 1 is 1.03 bits per heavy atom. The highest BCUT2D eigenvalue weighted by Gasteiger charge is 2.23. The van der Waals surface area contributed by atoms with Gasteiger partial charge in [0.1, 0.15) is 0 Å². The molecular weight excluding hydrogens is 392 g/mol. The number of carbonyl (C=O) groups is 2. The molecule has 6 nitrogen and oxygen atoms in total. The van der Waals surface area contributed by atoms with Crippen molar-refractivity contribution in [1.29, 1.82) is 0 Å². The zero-order valence-electron chi connectivity index (χ0n) is 18.6. The standard InChI is InChI=1S/C25H32N2O4/c1-4-30-23-14-20-11-12-27(16-21(20)15-24(23)31-5-2)17-25(29)26-22(18(3)28)13-19-9-7-6-8-10-19/h6-10,14-15,22H,4-5,11-13,16-17H2,1-3H3,(H,26,29)/t22-/m0/s1. The summed E-state index contributed by atoms with van der Waals surface area (Å²) in [7, 11) is 0. The Bertz CT molecular complexity index is 898. The average molecular weight is 425 g/mol. The maximum absolute atomic E-state index is 12.7. The summed E-state index contributed by atoms with van der Waals surface area (Å²) >= 11 is 0. The molecule has 0 aliphatic carbocycles. The van der Waals surface area contributed by atoms with Crippen molar-refractivity contribution >= 4 is 11.7 Å². The smallest absolute Gasteiger partial charge is 0.234 e. The van der Waals surface area contributed by atoms with Crippen molar-refractivity contribution in [1.82, 2.24) is 10.2 Å². The van der Waals surface area contributed by atoms with Crippen molar-refractivity contribution in [2.45, 2.75) is 46.2 Å². The van der Waals surface area contributed by atoms with E-state index in [0.717, 1.165) is 35.6 Å². The number of hydrogen-bond donors (Lipinski definition) is 1. The molecule has 0 spiro atoms. The normalized spacial score (nSPS) is 14.4. The number of rotatable bonds is 10. The number of hydrogen-bond acceptors (Lipinski definition) is 5. The first-order valence-electron chi connectivity index (χ1n) is 11.0. The van der Waals surface area contributed by atoms with E-state index in [-0.39, 0.29) is 18.2 Å². The largest absolute Gasteiger partial charge is 0.490 e. The molecule has 0 saturated carbocycles. The number of benzene rings is 2. The molecule has 0 bridgehead atoms. The van der Waals surface area contributed by atoms with E-state index >= 15 is 0 Å². The predicted octanol–water partition coefficient (Wildman–Crippen LogP) is 3.16. The van der Waals surface area contributed by atoms with Gasteiger partial charge >= 0.3 is 0 Å². The van der Waals surface area contributed by atoms with Gasteiger partial charge in [-0.25, -0.2) is 0 Å². The lowest BCUT2D eigenvalue weighted by Crippen LogP contribution is -2.46. The molecule has 6 heteroatoms. The molecule has 0 unspecified atom stereocenters. The van der Waals surface area contributed by atoms with E-state index in [1.54, 1.807) is 0 Å². The van der Waals surface area contributed by atoms with Gasteiger partial charge in [-0.2, -0.15) is 0 Å². The molecule has 0 radical (unpaired) electrons. The molecule has 1 amide bonds. The zero-order valence-corrected chi connectivity index (χ0v) is 18.6. The average Bonchev–Trinajstić information content (AvgIpc) is 2.75. The molecule has 0 saturated heterocycles. The third-order valence-corrected chi connectivity index (χ3v) is 5.43. The lowest BCUT2D eigenvalue weighted by Gasteiger charge is -2.29. The van der Waals surface area contributed by atoms with Crippen LogP contribution in [0.15, 0.2) is 42.5 Å². The topological polar surface area (TPSA) is 67.9 Å². The van der Waals surface area contributed by atoms with Crippen molar-refractivity contribution in [3.05, 3.63) is 59.2 Å². The van der Waals surface area contributed by atoms with E-state index in [2.05, 4.69) is 16.3 Å². The van der Waals surface area contributed by atoms with E-state index < -0.39 is 6.04 Å². The second kappa shape index (κ2) is 11.0. The summed E-state index contributed by atoms with van der Waals surface area (Å²) in [5.74, 6) is 1.36. The molecule has 2 aromatic carbocycles. The Morgan fingerprint density at radius 2 is 1.68 bits per heavy atom. The van der Waals surface area contributed by atoms with E-state index in [0.29, 0.717) is 26.2 Å². The summed E-state index contributed by atoms with van der Waals surface area (Å²) < 4.78 is 11.5. The predicted molar refractivity (Wildman–Crippen MR) is 121 cm³/mol. The third kappa shape index (κ3) is 6.31. The molecule has 0 fully saturated rings. The number of amides is 1. The number of ether oxygens (including phenoxy) is 2. The van der Waals surface area contributed by atoms with Crippen LogP contribution in [0, 0.1) is 0 Å². The fourth-order valence-electron chi connectivity index (χ4n) is 3.88. The lowest BCUT2D eigenvalue weighted by atomic mass is 9.98. The molecule has 3 rings (SSSR count). The van der Waals surface area contributed by atoms with Gasteiger partial charge in [0.15, 0.2) is 17.3 Å².